The summed E-state index contributed by atoms with van der Waals surface area (Å²) in [6.07, 6.45) is 2.90. The van der Waals surface area contributed by atoms with E-state index in [1.54, 1.807) is 24.3 Å². The Balaban J connectivity index is 1.75. The lowest BCUT2D eigenvalue weighted by molar-refractivity contribution is 0.300. The number of benzene rings is 3. The van der Waals surface area contributed by atoms with Gasteiger partial charge in [0.1, 0.15) is 0 Å². The molecule has 0 saturated carbocycles. The third-order valence-electron chi connectivity index (χ3n) is 7.14. The highest BCUT2D eigenvalue weighted by Crippen LogP contribution is 2.20. The molecule has 0 atom stereocenters. The van der Waals surface area contributed by atoms with Crippen molar-refractivity contribution in [2.24, 2.45) is 48.3 Å². The second kappa shape index (κ2) is 17.2. The van der Waals surface area contributed by atoms with Gasteiger partial charge in [-0.1, -0.05) is 87.7 Å². The molecular weight excluding hydrogens is 596 g/mol. The van der Waals surface area contributed by atoms with Crippen LogP contribution in [0.3, 0.4) is 0 Å². The van der Waals surface area contributed by atoms with Gasteiger partial charge in [-0.05, 0) is 72.7 Å². The average molecular weight is 645 g/mol. The zero-order valence-corrected chi connectivity index (χ0v) is 28.5. The van der Waals surface area contributed by atoms with Crippen molar-refractivity contribution in [3.05, 3.63) is 94.5 Å². The summed E-state index contributed by atoms with van der Waals surface area (Å²) in [6, 6.07) is 23.2. The Morgan fingerprint density at radius 3 is 1.54 bits per heavy atom. The summed E-state index contributed by atoms with van der Waals surface area (Å²) in [4.78, 5) is 21.6. The van der Waals surface area contributed by atoms with Crippen LogP contribution in [-0.4, -0.2) is 46.7 Å². The number of hydrogen-bond donors (Lipinski definition) is 4. The Labute approximate surface area is 279 Å². The summed E-state index contributed by atoms with van der Waals surface area (Å²) in [6.45, 7) is 13.4. The number of nitrogens with two attached hydrogens (primary N) is 4. The van der Waals surface area contributed by atoms with Crippen LogP contribution < -0.4 is 22.9 Å². The molecule has 11 heteroatoms. The molecule has 46 heavy (non-hydrogen) atoms. The van der Waals surface area contributed by atoms with Crippen molar-refractivity contribution < 1.29 is 0 Å². The fraction of sp³-hybridized carbons (Fsp3) is 0.371. The highest BCUT2D eigenvalue weighted by molar-refractivity contribution is 6.30. The summed E-state index contributed by atoms with van der Waals surface area (Å²) in [5.41, 5.74) is 30.0. The van der Waals surface area contributed by atoms with E-state index in [9.17, 15) is 0 Å². The number of aliphatic imine (C=N–C) groups is 4. The van der Waals surface area contributed by atoms with Gasteiger partial charge < -0.3 is 32.7 Å². The number of halogens is 1. The summed E-state index contributed by atoms with van der Waals surface area (Å²) >= 11 is 5.97. The Bertz CT molecular complexity index is 1500. The van der Waals surface area contributed by atoms with Gasteiger partial charge in [0.15, 0.2) is 11.9 Å². The molecule has 3 aromatic rings. The predicted octanol–water partition coefficient (Wildman–Crippen LogP) is 6.41. The average Bonchev–Trinajstić information content (AvgIpc) is 2.99. The van der Waals surface area contributed by atoms with E-state index in [-0.39, 0.29) is 17.3 Å². The minimum Gasteiger partial charge on any atom is -0.369 e. The van der Waals surface area contributed by atoms with Crippen molar-refractivity contribution in [1.29, 1.82) is 0 Å². The Kier molecular flexibility index (Phi) is 13.4. The fourth-order valence-corrected chi connectivity index (χ4v) is 4.51. The van der Waals surface area contributed by atoms with E-state index in [0.29, 0.717) is 35.7 Å². The fourth-order valence-electron chi connectivity index (χ4n) is 4.39. The van der Waals surface area contributed by atoms with E-state index in [0.717, 1.165) is 54.7 Å². The molecule has 0 aliphatic carbocycles. The quantitative estimate of drug-likeness (QED) is 0.139. The number of hydrogen-bond acceptors (Lipinski definition) is 2. The monoisotopic (exact) mass is 644 g/mol. The summed E-state index contributed by atoms with van der Waals surface area (Å²) < 4.78 is 0. The van der Waals surface area contributed by atoms with Crippen LogP contribution in [-0.2, 0) is 13.1 Å². The lowest BCUT2D eigenvalue weighted by Gasteiger charge is -2.28. The summed E-state index contributed by atoms with van der Waals surface area (Å²) in [5, 5.41) is 0.625. The topological polar surface area (TPSA) is 160 Å². The molecule has 0 heterocycles. The largest absolute Gasteiger partial charge is 0.369 e. The van der Waals surface area contributed by atoms with E-state index in [1.807, 2.05) is 41.0 Å². The van der Waals surface area contributed by atoms with Crippen LogP contribution in [0.1, 0.15) is 63.6 Å². The standard InChI is InChI=1S/C35H49ClN10/c1-6-7-21-45(33(39)43-32(38)42-30-18-14-28(36)15-19-30)23-26-10-12-27(13-11-26)24-46(22-20-35(3,4)5)34(40)44-31(37)41-29-16-8-25(2)9-17-29/h8-19H,6-7,20-24H2,1-5H3,(H4,37,40,41,44)(H4,38,39,42,43). The third-order valence-corrected chi connectivity index (χ3v) is 7.39. The molecule has 0 saturated heterocycles. The van der Waals surface area contributed by atoms with Crippen molar-refractivity contribution in [2.45, 2.75) is 67.0 Å². The molecule has 3 rings (SSSR count). The Morgan fingerprint density at radius 2 is 1.11 bits per heavy atom. The second-order valence-corrected chi connectivity index (χ2v) is 13.0. The van der Waals surface area contributed by atoms with Crippen LogP contribution in [0.15, 0.2) is 92.8 Å². The van der Waals surface area contributed by atoms with Crippen molar-refractivity contribution in [3.8, 4) is 0 Å². The summed E-state index contributed by atoms with van der Waals surface area (Å²) in [5.74, 6) is 0.836. The zero-order valence-electron chi connectivity index (χ0n) is 27.7. The van der Waals surface area contributed by atoms with Gasteiger partial charge in [-0.15, -0.1) is 0 Å². The van der Waals surface area contributed by atoms with Gasteiger partial charge in [0.25, 0.3) is 0 Å². The van der Waals surface area contributed by atoms with Gasteiger partial charge in [0.05, 0.1) is 11.4 Å². The molecule has 246 valence electrons. The number of nitrogens with zero attached hydrogens (tertiary/aromatic N) is 6. The summed E-state index contributed by atoms with van der Waals surface area (Å²) in [7, 11) is 0. The predicted molar refractivity (Wildman–Crippen MR) is 195 cm³/mol. The van der Waals surface area contributed by atoms with E-state index in [1.165, 1.54) is 0 Å². The highest BCUT2D eigenvalue weighted by Gasteiger charge is 2.16. The lowest BCUT2D eigenvalue weighted by atomic mass is 9.92. The smallest absolute Gasteiger partial charge is 0.223 e. The second-order valence-electron chi connectivity index (χ2n) is 12.5. The van der Waals surface area contributed by atoms with Gasteiger partial charge in [-0.2, -0.15) is 9.98 Å². The van der Waals surface area contributed by atoms with Crippen LogP contribution in [0.5, 0.6) is 0 Å². The van der Waals surface area contributed by atoms with Crippen LogP contribution in [0, 0.1) is 12.3 Å². The van der Waals surface area contributed by atoms with Gasteiger partial charge in [-0.3, -0.25) is 0 Å². The van der Waals surface area contributed by atoms with Gasteiger partial charge in [-0.25, -0.2) is 9.98 Å². The normalized spacial score (nSPS) is 13.2. The molecule has 3 aromatic carbocycles. The molecule has 10 nitrogen and oxygen atoms in total. The van der Waals surface area contributed by atoms with Crippen LogP contribution >= 0.6 is 11.6 Å². The number of rotatable bonds is 11. The molecular formula is C35H49ClN10. The lowest BCUT2D eigenvalue weighted by Crippen LogP contribution is -2.40. The molecule has 0 aliphatic heterocycles. The van der Waals surface area contributed by atoms with Crippen molar-refractivity contribution in [2.75, 3.05) is 13.1 Å². The van der Waals surface area contributed by atoms with E-state index < -0.39 is 0 Å². The van der Waals surface area contributed by atoms with Gasteiger partial charge in [0.2, 0.25) is 11.9 Å². The van der Waals surface area contributed by atoms with Crippen molar-refractivity contribution in [1.82, 2.24) is 9.80 Å². The molecule has 0 amide bonds. The Morgan fingerprint density at radius 1 is 0.674 bits per heavy atom. The molecule has 8 N–H and O–H groups in total. The first-order valence-electron chi connectivity index (χ1n) is 15.6. The maximum atomic E-state index is 6.50. The molecule has 0 unspecified atom stereocenters. The van der Waals surface area contributed by atoms with Gasteiger partial charge in [0, 0.05) is 31.2 Å². The van der Waals surface area contributed by atoms with Gasteiger partial charge >= 0.3 is 0 Å². The molecule has 0 spiro atoms. The number of guanidine groups is 4. The first-order valence-corrected chi connectivity index (χ1v) is 16.0. The highest BCUT2D eigenvalue weighted by atomic mass is 35.5. The minimum absolute atomic E-state index is 0.0795. The molecule has 0 radical (unpaired) electrons. The van der Waals surface area contributed by atoms with Crippen LogP contribution in [0.4, 0.5) is 11.4 Å². The van der Waals surface area contributed by atoms with Crippen molar-refractivity contribution >= 4 is 46.8 Å². The Hall–Kier alpha value is -4.57. The SMILES string of the molecule is CCCCN(Cc1ccc(CN(CCC(C)(C)C)C(N)=NC(N)=Nc2ccc(C)cc2)cc1)C(N)=NC(N)=Nc1ccc(Cl)cc1. The van der Waals surface area contributed by atoms with Crippen molar-refractivity contribution in [3.63, 3.8) is 0 Å². The van der Waals surface area contributed by atoms with Crippen LogP contribution in [0.2, 0.25) is 5.02 Å². The molecule has 0 aromatic heterocycles. The maximum Gasteiger partial charge on any atom is 0.223 e. The molecule has 0 bridgehead atoms. The first-order chi connectivity index (χ1) is 21.8. The third kappa shape index (κ3) is 12.8. The van der Waals surface area contributed by atoms with E-state index in [2.05, 4.69) is 71.9 Å². The first kappa shape index (κ1) is 35.9. The minimum atomic E-state index is 0.0795. The van der Waals surface area contributed by atoms with E-state index >= 15 is 0 Å². The number of unbranched alkanes of at least 4 members (excludes halogenated alkanes) is 1. The molecule has 0 aliphatic rings. The zero-order chi connectivity index (χ0) is 33.7. The molecule has 0 fully saturated rings. The number of aryl methyl sites for hydroxylation is 1. The van der Waals surface area contributed by atoms with Crippen LogP contribution in [0.25, 0.3) is 0 Å². The maximum absolute atomic E-state index is 6.50. The van der Waals surface area contributed by atoms with E-state index in [4.69, 9.17) is 34.5 Å².